The molecule has 0 aliphatic carbocycles. The lowest BCUT2D eigenvalue weighted by atomic mass is 10.2. The van der Waals surface area contributed by atoms with Gasteiger partial charge in [-0.3, -0.25) is 14.2 Å². The molecule has 0 saturated carbocycles. The zero-order valence-corrected chi connectivity index (χ0v) is 14.4. The van der Waals surface area contributed by atoms with Crippen LogP contribution in [0.15, 0.2) is 47.7 Å². The fourth-order valence-electron chi connectivity index (χ4n) is 2.24. The summed E-state index contributed by atoms with van der Waals surface area (Å²) < 4.78 is 14.6. The van der Waals surface area contributed by atoms with Crippen molar-refractivity contribution < 1.29 is 9.18 Å². The lowest BCUT2D eigenvalue weighted by Crippen LogP contribution is -2.29. The minimum Gasteiger partial charge on any atom is -0.345 e. The number of nitrogens with zero attached hydrogens (tertiary/aromatic N) is 4. The fraction of sp³-hybridized carbons (Fsp3) is 0.118. The van der Waals surface area contributed by atoms with Gasteiger partial charge in [-0.05, 0) is 24.3 Å². The molecule has 0 bridgehead atoms. The summed E-state index contributed by atoms with van der Waals surface area (Å²) in [5.41, 5.74) is 0.548. The number of hydrogen-bond acceptors (Lipinski definition) is 5. The summed E-state index contributed by atoms with van der Waals surface area (Å²) in [4.78, 5) is 36.6. The fourth-order valence-corrected chi connectivity index (χ4v) is 2.45. The highest BCUT2D eigenvalue weighted by Crippen LogP contribution is 2.17. The topological polar surface area (TPSA) is 89.8 Å². The predicted octanol–water partition coefficient (Wildman–Crippen LogP) is 1.96. The summed E-state index contributed by atoms with van der Waals surface area (Å²) in [6.45, 7) is -0.0453. The first-order chi connectivity index (χ1) is 12.5. The number of benzene rings is 1. The Hall–Kier alpha value is -3.13. The first kappa shape index (κ1) is 17.7. The van der Waals surface area contributed by atoms with Crippen LogP contribution >= 0.6 is 11.6 Å². The third kappa shape index (κ3) is 3.75. The van der Waals surface area contributed by atoms with E-state index in [1.165, 1.54) is 36.3 Å². The van der Waals surface area contributed by atoms with Gasteiger partial charge in [0.2, 0.25) is 0 Å². The average Bonchev–Trinajstić information content (AvgIpc) is 2.65. The molecule has 9 heteroatoms. The lowest BCUT2D eigenvalue weighted by Gasteiger charge is -2.11. The van der Waals surface area contributed by atoms with E-state index in [0.717, 1.165) is 12.1 Å². The summed E-state index contributed by atoms with van der Waals surface area (Å²) in [6.07, 6.45) is 2.89. The Morgan fingerprint density at radius 3 is 2.81 bits per heavy atom. The Morgan fingerprint density at radius 1 is 1.27 bits per heavy atom. The minimum absolute atomic E-state index is 0.00335. The van der Waals surface area contributed by atoms with Gasteiger partial charge < -0.3 is 5.32 Å². The molecule has 3 aromatic rings. The Labute approximate surface area is 152 Å². The third-order valence-corrected chi connectivity index (χ3v) is 3.98. The van der Waals surface area contributed by atoms with Gasteiger partial charge in [0.05, 0.1) is 28.5 Å². The molecule has 2 aromatic heterocycles. The van der Waals surface area contributed by atoms with Gasteiger partial charge >= 0.3 is 0 Å². The molecule has 0 spiro atoms. The van der Waals surface area contributed by atoms with Crippen LogP contribution in [-0.2, 0) is 13.6 Å². The highest BCUT2D eigenvalue weighted by atomic mass is 35.5. The molecule has 0 fully saturated rings. The number of hydrogen-bond donors (Lipinski definition) is 1. The Kier molecular flexibility index (Phi) is 5.04. The molecule has 0 radical (unpaired) electrons. The van der Waals surface area contributed by atoms with Crippen LogP contribution in [0.2, 0.25) is 5.02 Å². The summed E-state index contributed by atoms with van der Waals surface area (Å²) >= 11 is 5.92. The molecular weight excluding hydrogens is 361 g/mol. The first-order valence-electron chi connectivity index (χ1n) is 7.52. The second-order valence-electron chi connectivity index (χ2n) is 5.36. The normalized spacial score (nSPS) is 10.6. The van der Waals surface area contributed by atoms with E-state index in [0.29, 0.717) is 17.2 Å². The van der Waals surface area contributed by atoms with Crippen molar-refractivity contribution in [3.05, 3.63) is 75.4 Å². The van der Waals surface area contributed by atoms with E-state index < -0.39 is 11.7 Å². The summed E-state index contributed by atoms with van der Waals surface area (Å²) in [5, 5.41) is 2.71. The summed E-state index contributed by atoms with van der Waals surface area (Å²) in [7, 11) is 1.54. The monoisotopic (exact) mass is 373 g/mol. The second-order valence-corrected chi connectivity index (χ2v) is 5.76. The van der Waals surface area contributed by atoms with Crippen LogP contribution in [0.25, 0.3) is 11.4 Å². The lowest BCUT2D eigenvalue weighted by molar-refractivity contribution is 0.0949. The van der Waals surface area contributed by atoms with Crippen LogP contribution in [0.3, 0.4) is 0 Å². The van der Waals surface area contributed by atoms with Crippen molar-refractivity contribution in [2.45, 2.75) is 6.54 Å². The van der Waals surface area contributed by atoms with Gasteiger partial charge in [-0.15, -0.1) is 0 Å². The number of carbonyl (C=O) groups is 1. The zero-order chi connectivity index (χ0) is 18.7. The summed E-state index contributed by atoms with van der Waals surface area (Å²) in [5.74, 6) is -0.834. The van der Waals surface area contributed by atoms with Crippen molar-refractivity contribution in [2.75, 3.05) is 0 Å². The van der Waals surface area contributed by atoms with E-state index in [2.05, 4.69) is 20.3 Å². The number of nitrogens with one attached hydrogen (secondary N) is 1. The molecule has 1 amide bonds. The molecule has 132 valence electrons. The van der Waals surface area contributed by atoms with Crippen molar-refractivity contribution in [2.24, 2.45) is 7.05 Å². The highest BCUT2D eigenvalue weighted by Gasteiger charge is 2.14. The van der Waals surface area contributed by atoms with Gasteiger partial charge in [0.25, 0.3) is 11.5 Å². The number of carbonyl (C=O) groups excluding carboxylic acids is 1. The van der Waals surface area contributed by atoms with E-state index in [-0.39, 0.29) is 22.7 Å². The van der Waals surface area contributed by atoms with E-state index in [4.69, 9.17) is 11.6 Å². The molecule has 1 aromatic carbocycles. The van der Waals surface area contributed by atoms with E-state index in [9.17, 15) is 14.0 Å². The van der Waals surface area contributed by atoms with Crippen LogP contribution in [0.5, 0.6) is 0 Å². The van der Waals surface area contributed by atoms with Crippen molar-refractivity contribution in [1.29, 1.82) is 0 Å². The van der Waals surface area contributed by atoms with Gasteiger partial charge in [-0.1, -0.05) is 11.6 Å². The highest BCUT2D eigenvalue weighted by molar-refractivity contribution is 6.33. The molecule has 7 nitrogen and oxygen atoms in total. The molecule has 0 unspecified atom stereocenters. The molecule has 1 N–H and O–H groups in total. The number of rotatable bonds is 4. The minimum atomic E-state index is -0.573. The maximum atomic E-state index is 13.3. The van der Waals surface area contributed by atoms with Gasteiger partial charge in [-0.2, -0.15) is 0 Å². The first-order valence-corrected chi connectivity index (χ1v) is 7.90. The van der Waals surface area contributed by atoms with E-state index in [1.54, 1.807) is 6.07 Å². The van der Waals surface area contributed by atoms with Gasteiger partial charge in [0, 0.05) is 19.3 Å². The number of halogens is 2. The Balaban J connectivity index is 1.86. The second kappa shape index (κ2) is 7.40. The van der Waals surface area contributed by atoms with Gasteiger partial charge in [-0.25, -0.2) is 19.3 Å². The molecule has 0 saturated heterocycles. The molecule has 0 aliphatic heterocycles. The SMILES string of the molecule is Cn1c(CNC(=O)c2cc(F)ccc2Cl)nc(-c2ccncn2)cc1=O. The maximum absolute atomic E-state index is 13.3. The van der Waals surface area contributed by atoms with Crippen molar-refractivity contribution in [3.8, 4) is 11.4 Å². The Morgan fingerprint density at radius 2 is 2.08 bits per heavy atom. The Bertz CT molecular complexity index is 1020. The molecule has 0 aliphatic rings. The number of aromatic nitrogens is 4. The van der Waals surface area contributed by atoms with Crippen LogP contribution in [-0.4, -0.2) is 25.4 Å². The number of amides is 1. The van der Waals surface area contributed by atoms with E-state index >= 15 is 0 Å². The molecule has 26 heavy (non-hydrogen) atoms. The maximum Gasteiger partial charge on any atom is 0.253 e. The molecule has 2 heterocycles. The van der Waals surface area contributed by atoms with Crippen LogP contribution in [0, 0.1) is 5.82 Å². The van der Waals surface area contributed by atoms with E-state index in [1.807, 2.05) is 0 Å². The third-order valence-electron chi connectivity index (χ3n) is 3.65. The smallest absolute Gasteiger partial charge is 0.253 e. The average molecular weight is 374 g/mol. The van der Waals surface area contributed by atoms with Gasteiger partial charge in [0.1, 0.15) is 18.0 Å². The zero-order valence-electron chi connectivity index (χ0n) is 13.6. The summed E-state index contributed by atoms with van der Waals surface area (Å²) in [6, 6.07) is 6.47. The van der Waals surface area contributed by atoms with Crippen molar-refractivity contribution in [1.82, 2.24) is 24.8 Å². The predicted molar refractivity (Wildman–Crippen MR) is 93.1 cm³/mol. The molecule has 0 atom stereocenters. The van der Waals surface area contributed by atoms with Gasteiger partial charge in [0.15, 0.2) is 0 Å². The molecule has 3 rings (SSSR count). The van der Waals surface area contributed by atoms with Crippen LogP contribution in [0.4, 0.5) is 4.39 Å². The van der Waals surface area contributed by atoms with Crippen LogP contribution < -0.4 is 10.9 Å². The standard InChI is InChI=1S/C17H13ClFN5O2/c1-24-15(8-21-17(26)11-6-10(19)2-3-12(11)18)23-14(7-16(24)25)13-4-5-20-9-22-13/h2-7,9H,8H2,1H3,(H,21,26). The largest absolute Gasteiger partial charge is 0.345 e. The quantitative estimate of drug-likeness (QED) is 0.755. The van der Waals surface area contributed by atoms with Crippen LogP contribution in [0.1, 0.15) is 16.2 Å². The van der Waals surface area contributed by atoms with Crippen molar-refractivity contribution in [3.63, 3.8) is 0 Å². The van der Waals surface area contributed by atoms with Crippen molar-refractivity contribution >= 4 is 17.5 Å². The molecular formula is C17H13ClFN5O2.